The Morgan fingerprint density at radius 1 is 0.973 bits per heavy atom. The van der Waals surface area contributed by atoms with Gasteiger partial charge in [0, 0.05) is 18.5 Å². The van der Waals surface area contributed by atoms with Crippen molar-refractivity contribution in [3.05, 3.63) is 71.3 Å². The molecule has 0 bridgehead atoms. The molecule has 0 aliphatic carbocycles. The van der Waals surface area contributed by atoms with E-state index >= 15 is 0 Å². The third-order valence-electron chi connectivity index (χ3n) is 6.55. The number of amides is 1. The van der Waals surface area contributed by atoms with Gasteiger partial charge in [0.2, 0.25) is 0 Å². The number of benzene rings is 2. The van der Waals surface area contributed by atoms with Gasteiger partial charge in [-0.1, -0.05) is 81.4 Å². The number of hydrogen-bond donors (Lipinski definition) is 1. The topological polar surface area (TPSA) is 96.5 Å². The number of carbonyl (C=O) groups excluding carboxylic acids is 1. The highest BCUT2D eigenvalue weighted by atomic mass is 19.1. The lowest BCUT2D eigenvalue weighted by atomic mass is 10.00. The molecule has 7 nitrogen and oxygen atoms in total. The second-order valence-electron chi connectivity index (χ2n) is 9.22. The van der Waals surface area contributed by atoms with E-state index in [9.17, 15) is 19.1 Å². The van der Waals surface area contributed by atoms with E-state index in [1.54, 1.807) is 18.2 Å². The van der Waals surface area contributed by atoms with Crippen LogP contribution < -0.4 is 0 Å². The molecule has 37 heavy (non-hydrogen) atoms. The monoisotopic (exact) mass is 509 g/mol. The van der Waals surface area contributed by atoms with Gasteiger partial charge in [-0.05, 0) is 48.6 Å². The highest BCUT2D eigenvalue weighted by Gasteiger charge is 2.28. The molecule has 0 aliphatic heterocycles. The van der Waals surface area contributed by atoms with Gasteiger partial charge in [0.1, 0.15) is 5.82 Å². The van der Waals surface area contributed by atoms with Crippen molar-refractivity contribution in [1.29, 1.82) is 0 Å². The summed E-state index contributed by atoms with van der Waals surface area (Å²) in [7, 11) is 0. The van der Waals surface area contributed by atoms with E-state index in [2.05, 4.69) is 17.1 Å². The van der Waals surface area contributed by atoms with Crippen LogP contribution in [0.2, 0.25) is 0 Å². The number of unbranched alkanes of at least 4 members (excludes halogenated alkanes) is 5. The van der Waals surface area contributed by atoms with E-state index in [0.29, 0.717) is 23.7 Å². The summed E-state index contributed by atoms with van der Waals surface area (Å²) in [5.74, 6) is -1.81. The number of nitrogens with zero attached hydrogens (tertiary/aromatic N) is 3. The maximum Gasteiger partial charge on any atom is 0.394 e. The van der Waals surface area contributed by atoms with Crippen molar-refractivity contribution in [3.8, 4) is 11.5 Å². The number of aliphatic carboxylic acids is 1. The molecule has 198 valence electrons. The summed E-state index contributed by atoms with van der Waals surface area (Å²) < 4.78 is 19.6. The minimum absolute atomic E-state index is 0.0811. The maximum atomic E-state index is 14.1. The lowest BCUT2D eigenvalue weighted by Crippen LogP contribution is -2.40. The first-order valence-corrected chi connectivity index (χ1v) is 13.1. The Balaban J connectivity index is 1.68. The molecule has 0 spiro atoms. The average Bonchev–Trinajstić information content (AvgIpc) is 3.38. The van der Waals surface area contributed by atoms with E-state index in [-0.39, 0.29) is 18.8 Å². The van der Waals surface area contributed by atoms with E-state index in [1.165, 1.54) is 36.6 Å². The van der Waals surface area contributed by atoms with Crippen LogP contribution >= 0.6 is 0 Å². The van der Waals surface area contributed by atoms with Crippen LogP contribution in [-0.4, -0.2) is 38.6 Å². The van der Waals surface area contributed by atoms with Crippen molar-refractivity contribution in [2.45, 2.75) is 77.7 Å². The van der Waals surface area contributed by atoms with Gasteiger partial charge < -0.3 is 14.5 Å². The van der Waals surface area contributed by atoms with Gasteiger partial charge in [0.05, 0.1) is 6.04 Å². The average molecular weight is 510 g/mol. The van der Waals surface area contributed by atoms with Crippen LogP contribution in [0.5, 0.6) is 0 Å². The Bertz CT molecular complexity index is 1150. The Morgan fingerprint density at radius 2 is 1.68 bits per heavy atom. The zero-order valence-corrected chi connectivity index (χ0v) is 21.7. The molecule has 1 unspecified atom stereocenters. The summed E-state index contributed by atoms with van der Waals surface area (Å²) in [6, 6.07) is 13.2. The Labute approximate surface area is 217 Å². The summed E-state index contributed by atoms with van der Waals surface area (Å²) >= 11 is 0. The van der Waals surface area contributed by atoms with Gasteiger partial charge in [-0.3, -0.25) is 4.79 Å². The zero-order chi connectivity index (χ0) is 26.6. The minimum atomic E-state index is -1.53. The van der Waals surface area contributed by atoms with Gasteiger partial charge >= 0.3 is 11.9 Å². The molecular formula is C29H36FN3O4. The molecule has 1 aromatic heterocycles. The van der Waals surface area contributed by atoms with Gasteiger partial charge in [-0.2, -0.15) is 4.98 Å². The molecular weight excluding hydrogens is 473 g/mol. The lowest BCUT2D eigenvalue weighted by Gasteiger charge is -2.30. The fourth-order valence-electron chi connectivity index (χ4n) is 4.48. The first kappa shape index (κ1) is 28.0. The standard InChI is InChI=1S/C29H36FN3O4/c1-3-5-6-7-8-9-14-26-31-27(37-32-26)23-17-15-22(16-18-23)25(4-2)33(28(34)29(35)36)20-19-21-12-10-11-13-24(21)30/h10-13,15-18,25H,3-9,14,19-20H2,1-2H3,(H,35,36). The quantitative estimate of drug-likeness (QED) is 0.200. The normalized spacial score (nSPS) is 11.9. The Kier molecular flexibility index (Phi) is 10.8. The van der Waals surface area contributed by atoms with Crippen LogP contribution in [0.1, 0.15) is 81.8 Å². The highest BCUT2D eigenvalue weighted by molar-refractivity contribution is 6.31. The summed E-state index contributed by atoms with van der Waals surface area (Å²) in [4.78, 5) is 29.9. The smallest absolute Gasteiger partial charge is 0.394 e. The van der Waals surface area contributed by atoms with Crippen molar-refractivity contribution in [3.63, 3.8) is 0 Å². The number of carboxylic acids is 1. The predicted molar refractivity (Wildman–Crippen MR) is 139 cm³/mol. The summed E-state index contributed by atoms with van der Waals surface area (Å²) in [6.07, 6.45) is 8.66. The Morgan fingerprint density at radius 3 is 2.35 bits per heavy atom. The fraction of sp³-hybridized carbons (Fsp3) is 0.448. The number of hydrogen-bond acceptors (Lipinski definition) is 5. The van der Waals surface area contributed by atoms with Gasteiger partial charge in [0.15, 0.2) is 5.82 Å². The van der Waals surface area contributed by atoms with E-state index < -0.39 is 17.9 Å². The van der Waals surface area contributed by atoms with E-state index in [4.69, 9.17) is 4.52 Å². The first-order valence-electron chi connectivity index (χ1n) is 13.1. The molecule has 1 N–H and O–H groups in total. The van der Waals surface area contributed by atoms with E-state index in [0.717, 1.165) is 30.4 Å². The first-order chi connectivity index (χ1) is 17.9. The SMILES string of the molecule is CCCCCCCCc1noc(-c2ccc(C(CC)N(CCc3ccccc3F)C(=O)C(=O)O)cc2)n1. The molecule has 1 amide bonds. The zero-order valence-electron chi connectivity index (χ0n) is 21.7. The summed E-state index contributed by atoms with van der Waals surface area (Å²) in [6.45, 7) is 4.17. The third-order valence-corrected chi connectivity index (χ3v) is 6.55. The number of rotatable bonds is 14. The molecule has 3 rings (SSSR count). The molecule has 2 aromatic carbocycles. The third kappa shape index (κ3) is 7.97. The van der Waals surface area contributed by atoms with Crippen molar-refractivity contribution in [1.82, 2.24) is 15.0 Å². The number of halogens is 1. The molecule has 0 radical (unpaired) electrons. The van der Waals surface area contributed by atoms with Crippen molar-refractivity contribution >= 4 is 11.9 Å². The predicted octanol–water partition coefficient (Wildman–Crippen LogP) is 6.39. The summed E-state index contributed by atoms with van der Waals surface area (Å²) in [5, 5.41) is 13.5. The summed E-state index contributed by atoms with van der Waals surface area (Å²) in [5.41, 5.74) is 1.97. The largest absolute Gasteiger partial charge is 0.474 e. The van der Waals surface area contributed by atoms with Crippen LogP contribution in [-0.2, 0) is 22.4 Å². The molecule has 3 aromatic rings. The molecule has 1 heterocycles. The maximum absolute atomic E-state index is 14.1. The number of carbonyl (C=O) groups is 2. The van der Waals surface area contributed by atoms with Crippen LogP contribution in [0, 0.1) is 5.82 Å². The Hall–Kier alpha value is -3.55. The minimum Gasteiger partial charge on any atom is -0.474 e. The second kappa shape index (κ2) is 14.3. The molecule has 0 fully saturated rings. The van der Waals surface area contributed by atoms with Crippen LogP contribution in [0.3, 0.4) is 0 Å². The van der Waals surface area contributed by atoms with Crippen molar-refractivity contribution in [2.75, 3.05) is 6.54 Å². The number of aromatic nitrogens is 2. The molecule has 1 atom stereocenters. The van der Waals surface area contributed by atoms with Crippen LogP contribution in [0.4, 0.5) is 4.39 Å². The lowest BCUT2D eigenvalue weighted by molar-refractivity contribution is -0.157. The number of carboxylic acid groups (broad SMARTS) is 1. The highest BCUT2D eigenvalue weighted by Crippen LogP contribution is 2.28. The molecule has 0 saturated carbocycles. The van der Waals surface area contributed by atoms with Crippen molar-refractivity contribution < 1.29 is 23.6 Å². The van der Waals surface area contributed by atoms with Gasteiger partial charge in [-0.25, -0.2) is 9.18 Å². The van der Waals surface area contributed by atoms with E-state index in [1.807, 2.05) is 31.2 Å². The van der Waals surface area contributed by atoms with Crippen LogP contribution in [0.25, 0.3) is 11.5 Å². The molecule has 0 saturated heterocycles. The van der Waals surface area contributed by atoms with Crippen molar-refractivity contribution in [2.24, 2.45) is 0 Å². The second-order valence-corrected chi connectivity index (χ2v) is 9.22. The number of aryl methyl sites for hydroxylation is 1. The van der Waals surface area contributed by atoms with Gasteiger partial charge in [0.25, 0.3) is 5.89 Å². The van der Waals surface area contributed by atoms with Gasteiger partial charge in [-0.15, -0.1) is 0 Å². The molecule has 8 heteroatoms. The fourth-order valence-corrected chi connectivity index (χ4v) is 4.48. The van der Waals surface area contributed by atoms with Crippen LogP contribution in [0.15, 0.2) is 53.1 Å². The molecule has 0 aliphatic rings.